The summed E-state index contributed by atoms with van der Waals surface area (Å²) in [6, 6.07) is 0. The minimum atomic E-state index is -2.35. The summed E-state index contributed by atoms with van der Waals surface area (Å²) in [5.41, 5.74) is 0. The minimum absolute atomic E-state index is 0.458. The maximum atomic E-state index is 10.4. The van der Waals surface area contributed by atoms with Crippen molar-refractivity contribution in [2.45, 2.75) is 26.2 Å². The van der Waals surface area contributed by atoms with Crippen LogP contribution in [0.15, 0.2) is 0 Å². The van der Waals surface area contributed by atoms with Crippen LogP contribution in [0.3, 0.4) is 0 Å². The van der Waals surface area contributed by atoms with E-state index >= 15 is 0 Å². The van der Waals surface area contributed by atoms with E-state index in [2.05, 4.69) is 11.4 Å². The van der Waals surface area contributed by atoms with Gasteiger partial charge in [0.05, 0.1) is 6.61 Å². The van der Waals surface area contributed by atoms with Crippen molar-refractivity contribution in [3.63, 3.8) is 0 Å². The predicted molar refractivity (Wildman–Crippen MR) is 40.1 cm³/mol. The lowest BCUT2D eigenvalue weighted by Crippen LogP contribution is -1.84. The van der Waals surface area contributed by atoms with Gasteiger partial charge in [0.1, 0.15) is 0 Å². The van der Waals surface area contributed by atoms with Crippen LogP contribution in [0.2, 0.25) is 0 Å². The Balaban J connectivity index is 3.06. The molecule has 0 N–H and O–H groups in total. The van der Waals surface area contributed by atoms with Crippen LogP contribution in [0, 0.1) is 11.1 Å². The van der Waals surface area contributed by atoms with Crippen molar-refractivity contribution in [2.75, 3.05) is 6.61 Å². The maximum absolute atomic E-state index is 10.4. The van der Waals surface area contributed by atoms with Gasteiger partial charge in [0.25, 0.3) is 8.03 Å². The number of hydrogen-bond donors (Lipinski definition) is 0. The Morgan fingerprint density at radius 2 is 2.30 bits per heavy atom. The molecule has 0 aliphatic heterocycles. The number of rotatable bonds is 5. The lowest BCUT2D eigenvalue weighted by molar-refractivity contribution is 0.323. The second-order valence-corrected chi connectivity index (χ2v) is 3.04. The highest BCUT2D eigenvalue weighted by Crippen LogP contribution is 2.19. The van der Waals surface area contributed by atoms with Gasteiger partial charge in [0.15, 0.2) is 5.81 Å². The van der Waals surface area contributed by atoms with Gasteiger partial charge in [-0.3, -0.25) is 4.57 Å². The number of unbranched alkanes of at least 4 members (excludes halogenated alkanes) is 2. The molecule has 0 radical (unpaired) electrons. The largest absolute Gasteiger partial charge is 0.320 e. The second kappa shape index (κ2) is 6.80. The fraction of sp³-hybridized carbons (Fsp3) is 0.833. The first-order valence-corrected chi connectivity index (χ1v) is 4.69. The molecule has 0 rings (SSSR count). The maximum Gasteiger partial charge on any atom is 0.288 e. The minimum Gasteiger partial charge on any atom is -0.320 e. The van der Waals surface area contributed by atoms with Gasteiger partial charge in [-0.1, -0.05) is 19.8 Å². The molecular weight excluding hydrogens is 149 g/mol. The standard InChI is InChI=1S/C6H12NO2P/c1-2-3-4-5-9-10(8)6-7/h10H,2-5H2,1H3. The van der Waals surface area contributed by atoms with Gasteiger partial charge in [-0.15, -0.1) is 0 Å². The molecule has 3 nitrogen and oxygen atoms in total. The van der Waals surface area contributed by atoms with Crippen molar-refractivity contribution in [1.29, 1.82) is 5.26 Å². The van der Waals surface area contributed by atoms with Crippen LogP contribution < -0.4 is 0 Å². The zero-order valence-electron chi connectivity index (χ0n) is 6.09. The second-order valence-electron chi connectivity index (χ2n) is 1.95. The van der Waals surface area contributed by atoms with Crippen molar-refractivity contribution in [3.05, 3.63) is 0 Å². The van der Waals surface area contributed by atoms with Gasteiger partial charge in [0, 0.05) is 0 Å². The Hall–Kier alpha value is -0.320. The fourth-order valence-corrected chi connectivity index (χ4v) is 0.943. The highest BCUT2D eigenvalue weighted by atomic mass is 31.1. The first kappa shape index (κ1) is 9.68. The van der Waals surface area contributed by atoms with Gasteiger partial charge in [-0.05, 0) is 6.42 Å². The van der Waals surface area contributed by atoms with Crippen LogP contribution in [0.1, 0.15) is 26.2 Å². The lowest BCUT2D eigenvalue weighted by Gasteiger charge is -1.95. The summed E-state index contributed by atoms with van der Waals surface area (Å²) < 4.78 is 15.1. The number of nitriles is 1. The molecule has 1 unspecified atom stereocenters. The van der Waals surface area contributed by atoms with E-state index < -0.39 is 8.03 Å². The summed E-state index contributed by atoms with van der Waals surface area (Å²) >= 11 is 0. The van der Waals surface area contributed by atoms with Gasteiger partial charge >= 0.3 is 0 Å². The summed E-state index contributed by atoms with van der Waals surface area (Å²) in [7, 11) is -2.35. The molecule has 0 saturated heterocycles. The Labute approximate surface area is 61.9 Å². The predicted octanol–water partition coefficient (Wildman–Crippen LogP) is 2.15. The first-order chi connectivity index (χ1) is 4.81. The highest BCUT2D eigenvalue weighted by molar-refractivity contribution is 7.44. The van der Waals surface area contributed by atoms with E-state index in [0.717, 1.165) is 19.3 Å². The van der Waals surface area contributed by atoms with E-state index in [1.54, 1.807) is 5.81 Å². The van der Waals surface area contributed by atoms with Crippen molar-refractivity contribution in [2.24, 2.45) is 0 Å². The fourth-order valence-electron chi connectivity index (χ4n) is 0.549. The highest BCUT2D eigenvalue weighted by Gasteiger charge is 1.93. The van der Waals surface area contributed by atoms with Gasteiger partial charge in [0.2, 0.25) is 0 Å². The third kappa shape index (κ3) is 5.81. The molecule has 0 amide bonds. The van der Waals surface area contributed by atoms with Crippen molar-refractivity contribution in [3.8, 4) is 5.81 Å². The van der Waals surface area contributed by atoms with E-state index in [0.29, 0.717) is 6.61 Å². The Kier molecular flexibility index (Phi) is 6.58. The van der Waals surface area contributed by atoms with Gasteiger partial charge in [-0.2, -0.15) is 5.26 Å². The Bertz CT molecular complexity index is 141. The summed E-state index contributed by atoms with van der Waals surface area (Å²) in [6.45, 7) is 2.53. The van der Waals surface area contributed by atoms with Crippen LogP contribution in [0.25, 0.3) is 0 Å². The van der Waals surface area contributed by atoms with Crippen molar-refractivity contribution >= 4 is 8.03 Å². The Morgan fingerprint density at radius 1 is 1.60 bits per heavy atom. The molecule has 58 valence electrons. The van der Waals surface area contributed by atoms with E-state index in [4.69, 9.17) is 5.26 Å². The molecule has 0 aliphatic rings. The molecule has 0 spiro atoms. The summed E-state index contributed by atoms with van der Waals surface area (Å²) in [4.78, 5) is 0. The average Bonchev–Trinajstić information content (AvgIpc) is 1.98. The van der Waals surface area contributed by atoms with Crippen LogP contribution in [-0.2, 0) is 9.09 Å². The van der Waals surface area contributed by atoms with Gasteiger partial charge < -0.3 is 4.52 Å². The van der Waals surface area contributed by atoms with Crippen molar-refractivity contribution < 1.29 is 9.09 Å². The molecule has 0 aliphatic carbocycles. The summed E-state index contributed by atoms with van der Waals surface area (Å²) in [5, 5.41) is 8.05. The third-order valence-corrected chi connectivity index (χ3v) is 1.72. The molecule has 0 fully saturated rings. The zero-order chi connectivity index (χ0) is 7.82. The average molecular weight is 161 g/mol. The molecule has 10 heavy (non-hydrogen) atoms. The quantitative estimate of drug-likeness (QED) is 0.458. The molecular formula is C6H12NO2P. The van der Waals surface area contributed by atoms with Crippen LogP contribution in [0.5, 0.6) is 0 Å². The molecule has 0 aromatic carbocycles. The van der Waals surface area contributed by atoms with Gasteiger partial charge in [-0.25, -0.2) is 0 Å². The first-order valence-electron chi connectivity index (χ1n) is 3.38. The Morgan fingerprint density at radius 3 is 2.80 bits per heavy atom. The number of nitrogens with zero attached hydrogens (tertiary/aromatic N) is 1. The molecule has 4 heteroatoms. The molecule has 0 aromatic rings. The normalized spacial score (nSPS) is 12.4. The van der Waals surface area contributed by atoms with E-state index in [-0.39, 0.29) is 0 Å². The van der Waals surface area contributed by atoms with Crippen LogP contribution in [0.4, 0.5) is 0 Å². The third-order valence-electron chi connectivity index (χ3n) is 1.07. The van der Waals surface area contributed by atoms with E-state index in [9.17, 15) is 4.57 Å². The van der Waals surface area contributed by atoms with Crippen molar-refractivity contribution in [1.82, 2.24) is 0 Å². The zero-order valence-corrected chi connectivity index (χ0v) is 7.09. The monoisotopic (exact) mass is 161 g/mol. The SMILES string of the molecule is CCCCCO[PH](=O)C#N. The molecule has 0 saturated carbocycles. The van der Waals surface area contributed by atoms with Crippen LogP contribution in [-0.4, -0.2) is 6.61 Å². The lowest BCUT2D eigenvalue weighted by atomic mass is 10.3. The van der Waals surface area contributed by atoms with E-state index in [1.165, 1.54) is 0 Å². The topological polar surface area (TPSA) is 50.1 Å². The smallest absolute Gasteiger partial charge is 0.288 e. The molecule has 1 atom stereocenters. The molecule has 0 heterocycles. The molecule has 0 bridgehead atoms. The summed E-state index contributed by atoms with van der Waals surface area (Å²) in [5.74, 6) is 1.57. The molecule has 0 aromatic heterocycles. The van der Waals surface area contributed by atoms with E-state index in [1.807, 2.05) is 0 Å². The summed E-state index contributed by atoms with van der Waals surface area (Å²) in [6.07, 6.45) is 3.08. The number of hydrogen-bond acceptors (Lipinski definition) is 3. The van der Waals surface area contributed by atoms with Crippen LogP contribution >= 0.6 is 8.03 Å².